The lowest BCUT2D eigenvalue weighted by atomic mass is 10.1. The van der Waals surface area contributed by atoms with Gasteiger partial charge < -0.3 is 0 Å². The second-order valence-electron chi connectivity index (χ2n) is 3.62. The van der Waals surface area contributed by atoms with Gasteiger partial charge >= 0.3 is 0 Å². The quantitative estimate of drug-likeness (QED) is 0.528. The summed E-state index contributed by atoms with van der Waals surface area (Å²) in [6.07, 6.45) is 2.50. The Morgan fingerprint density at radius 3 is 3.00 bits per heavy atom. The highest BCUT2D eigenvalue weighted by molar-refractivity contribution is 6.25. The first-order valence-corrected chi connectivity index (χ1v) is 5.26. The maximum Gasteiger partial charge on any atom is 0.225 e. The molecule has 1 unspecified atom stereocenters. The van der Waals surface area contributed by atoms with E-state index in [0.29, 0.717) is 6.42 Å². The minimum Gasteiger partial charge on any atom is -0.295 e. The molecule has 0 spiro atoms. The molecule has 0 aromatic heterocycles. The van der Waals surface area contributed by atoms with E-state index in [1.54, 1.807) is 11.0 Å². The largest absolute Gasteiger partial charge is 0.295 e. The Kier molecular flexibility index (Phi) is 2.53. The summed E-state index contributed by atoms with van der Waals surface area (Å²) in [7, 11) is 0. The molecule has 0 saturated carbocycles. The van der Waals surface area contributed by atoms with E-state index in [2.05, 4.69) is 6.58 Å². The average molecular weight is 222 g/mol. The van der Waals surface area contributed by atoms with Gasteiger partial charge in [-0.05, 0) is 23.3 Å². The van der Waals surface area contributed by atoms with Crippen molar-refractivity contribution in [2.45, 2.75) is 18.8 Å². The first-order valence-electron chi connectivity index (χ1n) is 4.82. The van der Waals surface area contributed by atoms with Crippen LogP contribution in [0, 0.1) is 0 Å². The molecule has 0 saturated heterocycles. The molecule has 78 valence electrons. The van der Waals surface area contributed by atoms with E-state index in [9.17, 15) is 4.79 Å². The summed E-state index contributed by atoms with van der Waals surface area (Å²) in [6.45, 7) is 5.25. The third-order valence-electron chi connectivity index (χ3n) is 2.61. The van der Waals surface area contributed by atoms with Crippen LogP contribution in [0.3, 0.4) is 0 Å². The number of hydrogen-bond acceptors (Lipinski definition) is 1. The van der Waals surface area contributed by atoms with Gasteiger partial charge in [0, 0.05) is 19.0 Å². The Labute approximate surface area is 94.2 Å². The van der Waals surface area contributed by atoms with Gasteiger partial charge in [0.1, 0.15) is 5.50 Å². The zero-order valence-corrected chi connectivity index (χ0v) is 9.29. The monoisotopic (exact) mass is 221 g/mol. The standard InChI is InChI=1S/C12H12ClNO/c1-3-9-4-5-11-10(6-9)7-12(13)14(11)8(2)15/h3-6,12H,1,7H2,2H3. The maximum absolute atomic E-state index is 11.4. The smallest absolute Gasteiger partial charge is 0.225 e. The van der Waals surface area contributed by atoms with Gasteiger partial charge in [-0.1, -0.05) is 30.3 Å². The number of halogens is 1. The van der Waals surface area contributed by atoms with Crippen molar-refractivity contribution in [2.24, 2.45) is 0 Å². The van der Waals surface area contributed by atoms with Crippen LogP contribution in [0.1, 0.15) is 18.1 Å². The molecule has 0 N–H and O–H groups in total. The molecule has 0 bridgehead atoms. The van der Waals surface area contributed by atoms with Gasteiger partial charge in [0.05, 0.1) is 0 Å². The van der Waals surface area contributed by atoms with Gasteiger partial charge in [-0.15, -0.1) is 0 Å². The molecule has 3 heteroatoms. The molecule has 1 aliphatic rings. The van der Waals surface area contributed by atoms with E-state index >= 15 is 0 Å². The summed E-state index contributed by atoms with van der Waals surface area (Å²) in [5.74, 6) is -0.0138. The van der Waals surface area contributed by atoms with Crippen molar-refractivity contribution in [1.29, 1.82) is 0 Å². The molecule has 15 heavy (non-hydrogen) atoms. The fourth-order valence-corrected chi connectivity index (χ4v) is 2.33. The molecule has 1 heterocycles. The van der Waals surface area contributed by atoms with Gasteiger partial charge in [-0.25, -0.2) is 0 Å². The molecule has 0 radical (unpaired) electrons. The summed E-state index contributed by atoms with van der Waals surface area (Å²) in [5.41, 5.74) is 2.84. The molecule has 1 aliphatic heterocycles. The lowest BCUT2D eigenvalue weighted by molar-refractivity contribution is -0.116. The van der Waals surface area contributed by atoms with Crippen molar-refractivity contribution in [3.8, 4) is 0 Å². The van der Waals surface area contributed by atoms with Crippen molar-refractivity contribution >= 4 is 29.3 Å². The number of fused-ring (bicyclic) bond motifs is 1. The number of hydrogen-bond donors (Lipinski definition) is 0. The molecule has 0 fully saturated rings. The third-order valence-corrected chi connectivity index (χ3v) is 2.96. The highest BCUT2D eigenvalue weighted by Gasteiger charge is 2.30. The number of alkyl halides is 1. The van der Waals surface area contributed by atoms with Crippen molar-refractivity contribution in [1.82, 2.24) is 0 Å². The van der Waals surface area contributed by atoms with Crippen molar-refractivity contribution < 1.29 is 4.79 Å². The van der Waals surface area contributed by atoms with Gasteiger partial charge in [0.15, 0.2) is 0 Å². The fourth-order valence-electron chi connectivity index (χ4n) is 1.92. The zero-order valence-electron chi connectivity index (χ0n) is 8.53. The van der Waals surface area contributed by atoms with Crippen LogP contribution in [-0.4, -0.2) is 11.4 Å². The van der Waals surface area contributed by atoms with E-state index < -0.39 is 0 Å². The van der Waals surface area contributed by atoms with Crippen LogP contribution in [-0.2, 0) is 11.2 Å². The lowest BCUT2D eigenvalue weighted by Crippen LogP contribution is -2.31. The van der Waals surface area contributed by atoms with Gasteiger partial charge in [0.25, 0.3) is 0 Å². The van der Waals surface area contributed by atoms with E-state index in [1.807, 2.05) is 18.2 Å². The molecule has 2 rings (SSSR count). The van der Waals surface area contributed by atoms with Crippen LogP contribution in [0.15, 0.2) is 24.8 Å². The Hall–Kier alpha value is -1.28. The number of carbonyl (C=O) groups excluding carboxylic acids is 1. The maximum atomic E-state index is 11.4. The molecular formula is C12H12ClNO. The number of carbonyl (C=O) groups is 1. The molecule has 1 aromatic carbocycles. The van der Waals surface area contributed by atoms with Gasteiger partial charge in [-0.2, -0.15) is 0 Å². The highest BCUT2D eigenvalue weighted by atomic mass is 35.5. The molecule has 2 nitrogen and oxygen atoms in total. The molecular weight excluding hydrogens is 210 g/mol. The number of rotatable bonds is 1. The number of benzene rings is 1. The molecule has 0 aliphatic carbocycles. The predicted molar refractivity (Wildman–Crippen MR) is 63.0 cm³/mol. The summed E-state index contributed by atoms with van der Waals surface area (Å²) in [4.78, 5) is 13.0. The van der Waals surface area contributed by atoms with Crippen LogP contribution in [0.4, 0.5) is 5.69 Å². The predicted octanol–water partition coefficient (Wildman–Crippen LogP) is 2.80. The Morgan fingerprint density at radius 2 is 2.40 bits per heavy atom. The Balaban J connectivity index is 2.47. The Morgan fingerprint density at radius 1 is 1.67 bits per heavy atom. The number of amides is 1. The fraction of sp³-hybridized carbons (Fsp3) is 0.250. The van der Waals surface area contributed by atoms with E-state index in [0.717, 1.165) is 16.8 Å². The zero-order chi connectivity index (χ0) is 11.0. The van der Waals surface area contributed by atoms with Crippen molar-refractivity contribution in [3.63, 3.8) is 0 Å². The van der Waals surface area contributed by atoms with Crippen LogP contribution in [0.5, 0.6) is 0 Å². The minimum atomic E-state index is -0.252. The van der Waals surface area contributed by atoms with Gasteiger partial charge in [0.2, 0.25) is 5.91 Å². The first kappa shape index (κ1) is 10.2. The summed E-state index contributed by atoms with van der Waals surface area (Å²) in [6, 6.07) is 5.90. The summed E-state index contributed by atoms with van der Waals surface area (Å²) >= 11 is 6.11. The summed E-state index contributed by atoms with van der Waals surface area (Å²) < 4.78 is 0. The number of anilines is 1. The molecule has 1 atom stereocenters. The van der Waals surface area contributed by atoms with E-state index in [4.69, 9.17) is 11.6 Å². The highest BCUT2D eigenvalue weighted by Crippen LogP contribution is 2.34. The second kappa shape index (κ2) is 3.70. The van der Waals surface area contributed by atoms with Crippen LogP contribution in [0.2, 0.25) is 0 Å². The normalized spacial score (nSPS) is 18.8. The van der Waals surface area contributed by atoms with E-state index in [1.165, 1.54) is 6.92 Å². The molecule has 1 amide bonds. The van der Waals surface area contributed by atoms with Crippen LogP contribution < -0.4 is 4.90 Å². The Bertz CT molecular complexity index is 428. The second-order valence-corrected chi connectivity index (χ2v) is 4.12. The topological polar surface area (TPSA) is 20.3 Å². The van der Waals surface area contributed by atoms with Crippen molar-refractivity contribution in [2.75, 3.05) is 4.90 Å². The van der Waals surface area contributed by atoms with Crippen molar-refractivity contribution in [3.05, 3.63) is 35.9 Å². The summed E-state index contributed by atoms with van der Waals surface area (Å²) in [5, 5.41) is 0. The number of nitrogens with zero attached hydrogens (tertiary/aromatic N) is 1. The minimum absolute atomic E-state index is 0.0138. The average Bonchev–Trinajstić information content (AvgIpc) is 2.52. The van der Waals surface area contributed by atoms with Crippen LogP contribution in [0.25, 0.3) is 6.08 Å². The lowest BCUT2D eigenvalue weighted by Gasteiger charge is -2.18. The third kappa shape index (κ3) is 1.65. The SMILES string of the molecule is C=Cc1ccc2c(c1)CC(Cl)N2C(C)=O. The first-order chi connectivity index (χ1) is 7.13. The van der Waals surface area contributed by atoms with E-state index in [-0.39, 0.29) is 11.4 Å². The van der Waals surface area contributed by atoms with Crippen LogP contribution >= 0.6 is 11.6 Å². The molecule has 1 aromatic rings. The van der Waals surface area contributed by atoms with Gasteiger partial charge in [-0.3, -0.25) is 9.69 Å².